The normalized spacial score (nSPS) is 10.3. The van der Waals surface area contributed by atoms with Crippen LogP contribution in [-0.4, -0.2) is 28.5 Å². The minimum Gasteiger partial charge on any atom is -0.507 e. The Kier molecular flexibility index (Phi) is 5.93. The molecule has 0 fully saturated rings. The smallest absolute Gasteiger partial charge is 0.342 e. The summed E-state index contributed by atoms with van der Waals surface area (Å²) in [5.41, 5.74) is 1.14. The zero-order chi connectivity index (χ0) is 19.4. The Balaban J connectivity index is 2.08. The summed E-state index contributed by atoms with van der Waals surface area (Å²) in [5, 5.41) is 23.1. The standard InChI is InChI=1S/C17H15BrN2O6/c1-9-5-13(14(20(24)25)6-10(9)2)19-16(22)8-26-17(23)12-7-11(18)3-4-15(12)21/h3-7,21H,8H2,1-2H3,(H,19,22). The van der Waals surface area contributed by atoms with Gasteiger partial charge in [-0.1, -0.05) is 15.9 Å². The highest BCUT2D eigenvalue weighted by Gasteiger charge is 2.19. The van der Waals surface area contributed by atoms with Crippen molar-refractivity contribution in [2.45, 2.75) is 13.8 Å². The van der Waals surface area contributed by atoms with Gasteiger partial charge in [-0.25, -0.2) is 4.79 Å². The predicted molar refractivity (Wildman–Crippen MR) is 97.3 cm³/mol. The highest BCUT2D eigenvalue weighted by molar-refractivity contribution is 9.10. The van der Waals surface area contributed by atoms with Crippen LogP contribution in [-0.2, 0) is 9.53 Å². The van der Waals surface area contributed by atoms with Crippen molar-refractivity contribution in [1.82, 2.24) is 0 Å². The van der Waals surface area contributed by atoms with Gasteiger partial charge in [0.05, 0.1) is 4.92 Å². The van der Waals surface area contributed by atoms with Crippen LogP contribution in [0.3, 0.4) is 0 Å². The predicted octanol–water partition coefficient (Wildman–Crippen LogP) is 3.48. The van der Waals surface area contributed by atoms with E-state index in [2.05, 4.69) is 21.2 Å². The van der Waals surface area contributed by atoms with Gasteiger partial charge < -0.3 is 15.2 Å². The second-order valence-electron chi connectivity index (χ2n) is 5.50. The number of aryl methyl sites for hydroxylation is 2. The zero-order valence-corrected chi connectivity index (χ0v) is 15.5. The summed E-state index contributed by atoms with van der Waals surface area (Å²) in [4.78, 5) is 34.5. The molecule has 8 nitrogen and oxygen atoms in total. The molecule has 0 saturated heterocycles. The number of benzene rings is 2. The summed E-state index contributed by atoms with van der Waals surface area (Å²) in [6, 6.07) is 7.03. The van der Waals surface area contributed by atoms with Crippen molar-refractivity contribution in [2.24, 2.45) is 0 Å². The molecule has 2 aromatic carbocycles. The average Bonchev–Trinajstić information content (AvgIpc) is 2.57. The molecule has 9 heteroatoms. The number of carbonyl (C=O) groups excluding carboxylic acids is 2. The first-order valence-electron chi connectivity index (χ1n) is 7.40. The molecule has 0 heterocycles. The fourth-order valence-corrected chi connectivity index (χ4v) is 2.48. The molecule has 0 unspecified atom stereocenters. The fourth-order valence-electron chi connectivity index (χ4n) is 2.12. The van der Waals surface area contributed by atoms with E-state index in [1.807, 2.05) is 0 Å². The number of phenols is 1. The summed E-state index contributed by atoms with van der Waals surface area (Å²) in [7, 11) is 0. The molecule has 0 aliphatic heterocycles. The summed E-state index contributed by atoms with van der Waals surface area (Å²) in [6.07, 6.45) is 0. The third kappa shape index (κ3) is 4.57. The lowest BCUT2D eigenvalue weighted by atomic mass is 10.1. The number of anilines is 1. The van der Waals surface area contributed by atoms with E-state index < -0.39 is 23.4 Å². The lowest BCUT2D eigenvalue weighted by Crippen LogP contribution is -2.21. The molecule has 0 spiro atoms. The van der Waals surface area contributed by atoms with Crippen LogP contribution in [0.5, 0.6) is 5.75 Å². The Morgan fingerprint density at radius 2 is 1.88 bits per heavy atom. The molecule has 26 heavy (non-hydrogen) atoms. The number of hydrogen-bond acceptors (Lipinski definition) is 6. The molecule has 0 radical (unpaired) electrons. The van der Waals surface area contributed by atoms with Crippen molar-refractivity contribution in [3.63, 3.8) is 0 Å². The number of carbonyl (C=O) groups is 2. The van der Waals surface area contributed by atoms with E-state index in [0.29, 0.717) is 10.0 Å². The third-order valence-corrected chi connectivity index (χ3v) is 4.09. The molecule has 0 aromatic heterocycles. The van der Waals surface area contributed by atoms with Gasteiger partial charge in [-0.05, 0) is 49.2 Å². The number of rotatable bonds is 5. The van der Waals surface area contributed by atoms with E-state index in [-0.39, 0.29) is 22.7 Å². The Bertz CT molecular complexity index is 897. The van der Waals surface area contributed by atoms with Gasteiger partial charge in [0.15, 0.2) is 6.61 Å². The maximum atomic E-state index is 12.0. The highest BCUT2D eigenvalue weighted by Crippen LogP contribution is 2.28. The number of esters is 1. The lowest BCUT2D eigenvalue weighted by Gasteiger charge is -2.10. The van der Waals surface area contributed by atoms with Gasteiger partial charge in [0.2, 0.25) is 0 Å². The first-order chi connectivity index (χ1) is 12.2. The molecule has 0 aliphatic rings. The van der Waals surface area contributed by atoms with Crippen molar-refractivity contribution in [2.75, 3.05) is 11.9 Å². The number of nitro groups is 1. The molecular weight excluding hydrogens is 408 g/mol. The molecule has 0 bridgehead atoms. The minimum atomic E-state index is -0.895. The third-order valence-electron chi connectivity index (χ3n) is 3.60. The number of nitrogens with one attached hydrogen (secondary N) is 1. The lowest BCUT2D eigenvalue weighted by molar-refractivity contribution is -0.384. The van der Waals surface area contributed by atoms with Gasteiger partial charge in [0, 0.05) is 10.5 Å². The fraction of sp³-hybridized carbons (Fsp3) is 0.176. The van der Waals surface area contributed by atoms with Crippen molar-refractivity contribution in [1.29, 1.82) is 0 Å². The molecular formula is C17H15BrN2O6. The van der Waals surface area contributed by atoms with Gasteiger partial charge in [-0.2, -0.15) is 0 Å². The van der Waals surface area contributed by atoms with Crippen LogP contribution in [0.4, 0.5) is 11.4 Å². The van der Waals surface area contributed by atoms with Gasteiger partial charge >= 0.3 is 5.97 Å². The molecule has 2 N–H and O–H groups in total. The van der Waals surface area contributed by atoms with E-state index in [9.17, 15) is 24.8 Å². The number of halogens is 1. The Morgan fingerprint density at radius 1 is 1.23 bits per heavy atom. The van der Waals surface area contributed by atoms with Crippen molar-refractivity contribution in [3.05, 3.63) is 61.6 Å². The summed E-state index contributed by atoms with van der Waals surface area (Å²) >= 11 is 3.16. The van der Waals surface area contributed by atoms with Crippen LogP contribution in [0, 0.1) is 24.0 Å². The SMILES string of the molecule is Cc1cc(NC(=O)COC(=O)c2cc(Br)ccc2O)c([N+](=O)[O-])cc1C. The quantitative estimate of drug-likeness (QED) is 0.432. The number of amides is 1. The first-order valence-corrected chi connectivity index (χ1v) is 8.19. The Hall–Kier alpha value is -2.94. The molecule has 1 amide bonds. The average molecular weight is 423 g/mol. The maximum Gasteiger partial charge on any atom is 0.342 e. The monoisotopic (exact) mass is 422 g/mol. The Morgan fingerprint density at radius 3 is 2.54 bits per heavy atom. The molecule has 2 rings (SSSR count). The van der Waals surface area contributed by atoms with Crippen LogP contribution in [0.2, 0.25) is 0 Å². The molecule has 0 atom stereocenters. The number of nitro benzene ring substituents is 1. The number of nitrogens with zero attached hydrogens (tertiary/aromatic N) is 1. The molecule has 0 aliphatic carbocycles. The first kappa shape index (κ1) is 19.4. The van der Waals surface area contributed by atoms with Gasteiger partial charge in [0.1, 0.15) is 17.0 Å². The van der Waals surface area contributed by atoms with Gasteiger partial charge in [0.25, 0.3) is 11.6 Å². The molecule has 0 saturated carbocycles. The minimum absolute atomic E-state index is 0.0180. The van der Waals surface area contributed by atoms with Crippen LogP contribution in [0.25, 0.3) is 0 Å². The number of aromatic hydroxyl groups is 1. The highest BCUT2D eigenvalue weighted by atomic mass is 79.9. The van der Waals surface area contributed by atoms with Crippen LogP contribution in [0.15, 0.2) is 34.8 Å². The van der Waals surface area contributed by atoms with Crippen molar-refractivity contribution < 1.29 is 24.4 Å². The number of hydrogen-bond donors (Lipinski definition) is 2. The zero-order valence-electron chi connectivity index (χ0n) is 13.9. The largest absolute Gasteiger partial charge is 0.507 e. The van der Waals surface area contributed by atoms with Crippen molar-refractivity contribution >= 4 is 39.2 Å². The van der Waals surface area contributed by atoms with E-state index >= 15 is 0 Å². The maximum absolute atomic E-state index is 12.0. The van der Waals surface area contributed by atoms with Crippen LogP contribution >= 0.6 is 15.9 Å². The molecule has 136 valence electrons. The van der Waals surface area contributed by atoms with E-state index in [4.69, 9.17) is 4.74 Å². The van der Waals surface area contributed by atoms with Gasteiger partial charge in [-0.15, -0.1) is 0 Å². The van der Waals surface area contributed by atoms with Crippen molar-refractivity contribution in [3.8, 4) is 5.75 Å². The topological polar surface area (TPSA) is 119 Å². The second-order valence-corrected chi connectivity index (χ2v) is 6.41. The van der Waals surface area contributed by atoms with E-state index in [0.717, 1.165) is 5.56 Å². The van der Waals surface area contributed by atoms with E-state index in [1.54, 1.807) is 13.8 Å². The number of ether oxygens (including phenoxy) is 1. The van der Waals surface area contributed by atoms with Gasteiger partial charge in [-0.3, -0.25) is 14.9 Å². The second kappa shape index (κ2) is 7.96. The summed E-state index contributed by atoms with van der Waals surface area (Å²) in [5.74, 6) is -1.92. The summed E-state index contributed by atoms with van der Waals surface area (Å²) < 4.78 is 5.40. The van der Waals surface area contributed by atoms with E-state index in [1.165, 1.54) is 30.3 Å². The summed E-state index contributed by atoms with van der Waals surface area (Å²) in [6.45, 7) is 2.82. The number of phenolic OH excluding ortho intramolecular Hbond substituents is 1. The van der Waals surface area contributed by atoms with Crippen LogP contribution < -0.4 is 5.32 Å². The van der Waals surface area contributed by atoms with Crippen LogP contribution in [0.1, 0.15) is 21.5 Å². The Labute approximate surface area is 157 Å². The molecule has 2 aromatic rings.